The Balaban J connectivity index is 1.64. The second-order valence-electron chi connectivity index (χ2n) is 6.32. The SMILES string of the molecule is Cc1cc(NC(=O)N2CCCC(C(=O)O)C2)ccc1Oc1cccnc1. The van der Waals surface area contributed by atoms with Crippen LogP contribution in [0.5, 0.6) is 11.5 Å². The molecule has 1 unspecified atom stereocenters. The van der Waals surface area contributed by atoms with Crippen LogP contribution in [-0.4, -0.2) is 40.1 Å². The van der Waals surface area contributed by atoms with Crippen LogP contribution in [0, 0.1) is 12.8 Å². The molecule has 1 aliphatic heterocycles. The molecule has 1 aliphatic rings. The van der Waals surface area contributed by atoms with Gasteiger partial charge < -0.3 is 20.1 Å². The highest BCUT2D eigenvalue weighted by Gasteiger charge is 2.28. The van der Waals surface area contributed by atoms with Gasteiger partial charge in [-0.25, -0.2) is 4.79 Å². The minimum absolute atomic E-state index is 0.238. The van der Waals surface area contributed by atoms with Gasteiger partial charge in [0.05, 0.1) is 12.1 Å². The number of aliphatic carboxylic acids is 1. The van der Waals surface area contributed by atoms with Crippen LogP contribution in [0.4, 0.5) is 10.5 Å². The van der Waals surface area contributed by atoms with Crippen LogP contribution in [0.1, 0.15) is 18.4 Å². The molecule has 136 valence electrons. The molecule has 2 aromatic rings. The summed E-state index contributed by atoms with van der Waals surface area (Å²) in [5.74, 6) is -0.0259. The lowest BCUT2D eigenvalue weighted by molar-refractivity contribution is -0.143. The molecule has 2 amide bonds. The van der Waals surface area contributed by atoms with Crippen molar-refractivity contribution in [1.82, 2.24) is 9.88 Å². The molecule has 1 aromatic heterocycles. The number of benzene rings is 1. The first-order chi connectivity index (χ1) is 12.5. The van der Waals surface area contributed by atoms with E-state index in [0.717, 1.165) is 5.56 Å². The van der Waals surface area contributed by atoms with Crippen LogP contribution in [0.15, 0.2) is 42.7 Å². The van der Waals surface area contributed by atoms with Crippen molar-refractivity contribution in [1.29, 1.82) is 0 Å². The fourth-order valence-electron chi connectivity index (χ4n) is 2.94. The second kappa shape index (κ2) is 7.86. The highest BCUT2D eigenvalue weighted by atomic mass is 16.5. The van der Waals surface area contributed by atoms with Gasteiger partial charge in [-0.15, -0.1) is 0 Å². The molecule has 0 aliphatic carbocycles. The molecule has 3 rings (SSSR count). The molecule has 0 saturated carbocycles. The lowest BCUT2D eigenvalue weighted by Crippen LogP contribution is -2.44. The number of hydrogen-bond acceptors (Lipinski definition) is 4. The van der Waals surface area contributed by atoms with Gasteiger partial charge in [0.2, 0.25) is 0 Å². The zero-order valence-electron chi connectivity index (χ0n) is 14.5. The first-order valence-electron chi connectivity index (χ1n) is 8.50. The molecular weight excluding hydrogens is 334 g/mol. The number of nitrogens with one attached hydrogen (secondary N) is 1. The number of aromatic nitrogens is 1. The largest absolute Gasteiger partial charge is 0.481 e. The average Bonchev–Trinajstić information content (AvgIpc) is 2.65. The molecule has 2 heterocycles. The number of carbonyl (C=O) groups is 2. The van der Waals surface area contributed by atoms with Gasteiger partial charge in [-0.1, -0.05) is 0 Å². The molecule has 26 heavy (non-hydrogen) atoms. The molecule has 0 spiro atoms. The van der Waals surface area contributed by atoms with Crippen molar-refractivity contribution in [2.75, 3.05) is 18.4 Å². The van der Waals surface area contributed by atoms with Crippen LogP contribution in [0.3, 0.4) is 0 Å². The Hall–Kier alpha value is -3.09. The zero-order valence-corrected chi connectivity index (χ0v) is 14.5. The van der Waals surface area contributed by atoms with Crippen LogP contribution < -0.4 is 10.1 Å². The Labute approximate surface area is 151 Å². The standard InChI is InChI=1S/C19H21N3O4/c1-13-10-15(6-7-17(13)26-16-5-2-8-20-11-16)21-19(25)22-9-3-4-14(12-22)18(23)24/h2,5-8,10-11,14H,3-4,9,12H2,1H3,(H,21,25)(H,23,24). The number of carboxylic acids is 1. The maximum absolute atomic E-state index is 12.4. The summed E-state index contributed by atoms with van der Waals surface area (Å²) < 4.78 is 5.77. The van der Waals surface area contributed by atoms with E-state index in [1.54, 1.807) is 35.5 Å². The number of rotatable bonds is 4. The van der Waals surface area contributed by atoms with Crippen LogP contribution in [-0.2, 0) is 4.79 Å². The fourth-order valence-corrected chi connectivity index (χ4v) is 2.94. The summed E-state index contributed by atoms with van der Waals surface area (Å²) in [5.41, 5.74) is 1.51. The van der Waals surface area contributed by atoms with E-state index in [1.807, 2.05) is 19.1 Å². The number of pyridine rings is 1. The number of amides is 2. The molecule has 7 nitrogen and oxygen atoms in total. The van der Waals surface area contributed by atoms with E-state index in [4.69, 9.17) is 9.84 Å². The van der Waals surface area contributed by atoms with Crippen molar-refractivity contribution in [3.63, 3.8) is 0 Å². The molecule has 0 bridgehead atoms. The number of carboxylic acid groups (broad SMARTS) is 1. The van der Waals surface area contributed by atoms with Crippen molar-refractivity contribution in [2.45, 2.75) is 19.8 Å². The zero-order chi connectivity index (χ0) is 18.5. The smallest absolute Gasteiger partial charge is 0.321 e. The van der Waals surface area contributed by atoms with Gasteiger partial charge in [0.1, 0.15) is 11.5 Å². The third-order valence-electron chi connectivity index (χ3n) is 4.35. The van der Waals surface area contributed by atoms with Gasteiger partial charge >= 0.3 is 12.0 Å². The molecule has 7 heteroatoms. The van der Waals surface area contributed by atoms with E-state index in [2.05, 4.69) is 10.3 Å². The maximum Gasteiger partial charge on any atom is 0.321 e. The summed E-state index contributed by atoms with van der Waals surface area (Å²) in [7, 11) is 0. The Morgan fingerprint density at radius 2 is 2.19 bits per heavy atom. The monoisotopic (exact) mass is 355 g/mol. The van der Waals surface area contributed by atoms with E-state index < -0.39 is 11.9 Å². The number of urea groups is 1. The topological polar surface area (TPSA) is 91.8 Å². The summed E-state index contributed by atoms with van der Waals surface area (Å²) in [6.07, 6.45) is 4.61. The summed E-state index contributed by atoms with van der Waals surface area (Å²) in [5, 5.41) is 12.0. The highest BCUT2D eigenvalue weighted by Crippen LogP contribution is 2.27. The summed E-state index contributed by atoms with van der Waals surface area (Å²) in [4.78, 5) is 29.1. The quantitative estimate of drug-likeness (QED) is 0.876. The van der Waals surface area contributed by atoms with Gasteiger partial charge in [0, 0.05) is 25.0 Å². The van der Waals surface area contributed by atoms with Crippen molar-refractivity contribution in [2.24, 2.45) is 5.92 Å². The van der Waals surface area contributed by atoms with Crippen LogP contribution in [0.2, 0.25) is 0 Å². The predicted octanol–water partition coefficient (Wildman–Crippen LogP) is 3.51. The number of aryl methyl sites for hydroxylation is 1. The number of carbonyl (C=O) groups excluding carboxylic acids is 1. The van der Waals surface area contributed by atoms with Crippen molar-refractivity contribution < 1.29 is 19.4 Å². The lowest BCUT2D eigenvalue weighted by Gasteiger charge is -2.30. The van der Waals surface area contributed by atoms with E-state index in [9.17, 15) is 9.59 Å². The Morgan fingerprint density at radius 1 is 1.35 bits per heavy atom. The molecule has 1 fully saturated rings. The molecular formula is C19H21N3O4. The first-order valence-corrected chi connectivity index (χ1v) is 8.50. The predicted molar refractivity (Wildman–Crippen MR) is 96.4 cm³/mol. The fraction of sp³-hybridized carbons (Fsp3) is 0.316. The molecule has 1 aromatic carbocycles. The molecule has 2 N–H and O–H groups in total. The summed E-state index contributed by atoms with van der Waals surface area (Å²) >= 11 is 0. The number of nitrogens with zero attached hydrogens (tertiary/aromatic N) is 2. The lowest BCUT2D eigenvalue weighted by atomic mass is 9.99. The molecule has 1 saturated heterocycles. The van der Waals surface area contributed by atoms with Gasteiger partial charge in [0.25, 0.3) is 0 Å². The van der Waals surface area contributed by atoms with E-state index in [1.165, 1.54) is 0 Å². The Bertz CT molecular complexity index is 795. The van der Waals surface area contributed by atoms with Crippen molar-refractivity contribution in [3.05, 3.63) is 48.3 Å². The first kappa shape index (κ1) is 17.7. The van der Waals surface area contributed by atoms with Gasteiger partial charge in [0.15, 0.2) is 0 Å². The minimum atomic E-state index is -0.852. The van der Waals surface area contributed by atoms with E-state index in [-0.39, 0.29) is 12.6 Å². The van der Waals surface area contributed by atoms with Crippen LogP contribution >= 0.6 is 0 Å². The second-order valence-corrected chi connectivity index (χ2v) is 6.32. The number of anilines is 1. The normalized spacial score (nSPS) is 16.8. The van der Waals surface area contributed by atoms with Gasteiger partial charge in [-0.3, -0.25) is 9.78 Å². The number of hydrogen-bond donors (Lipinski definition) is 2. The van der Waals surface area contributed by atoms with Gasteiger partial charge in [-0.05, 0) is 55.7 Å². The summed E-state index contributed by atoms with van der Waals surface area (Å²) in [6, 6.07) is 8.70. The van der Waals surface area contributed by atoms with Crippen LogP contribution in [0.25, 0.3) is 0 Å². The Morgan fingerprint density at radius 3 is 2.88 bits per heavy atom. The van der Waals surface area contributed by atoms with E-state index in [0.29, 0.717) is 36.6 Å². The number of likely N-dealkylation sites (tertiary alicyclic amines) is 1. The van der Waals surface area contributed by atoms with Crippen molar-refractivity contribution >= 4 is 17.7 Å². The Kier molecular flexibility index (Phi) is 5.36. The number of ether oxygens (including phenoxy) is 1. The van der Waals surface area contributed by atoms with Crippen molar-refractivity contribution in [3.8, 4) is 11.5 Å². The average molecular weight is 355 g/mol. The van der Waals surface area contributed by atoms with E-state index >= 15 is 0 Å². The maximum atomic E-state index is 12.4. The molecule has 1 atom stereocenters. The third kappa shape index (κ3) is 4.30. The summed E-state index contributed by atoms with van der Waals surface area (Å²) in [6.45, 7) is 2.70. The molecule has 0 radical (unpaired) electrons. The van der Waals surface area contributed by atoms with Gasteiger partial charge in [-0.2, -0.15) is 0 Å². The highest BCUT2D eigenvalue weighted by molar-refractivity contribution is 5.90. The minimum Gasteiger partial charge on any atom is -0.481 e. The number of piperidine rings is 1. The third-order valence-corrected chi connectivity index (χ3v) is 4.35.